The first kappa shape index (κ1) is 10.5. The Morgan fingerprint density at radius 3 is 2.83 bits per heavy atom. The third-order valence-corrected chi connectivity index (χ3v) is 2.65. The number of anilines is 1. The van der Waals surface area contributed by atoms with Crippen LogP contribution in [0.4, 0.5) is 5.82 Å². The summed E-state index contributed by atoms with van der Waals surface area (Å²) in [5, 5.41) is 13.8. The zero-order valence-electron chi connectivity index (χ0n) is 9.37. The molecule has 90 valence electrons. The highest BCUT2D eigenvalue weighted by molar-refractivity contribution is 5.82. The van der Waals surface area contributed by atoms with Gasteiger partial charge in [-0.3, -0.25) is 4.79 Å². The topological polar surface area (TPSA) is 102 Å². The van der Waals surface area contributed by atoms with E-state index >= 15 is 0 Å². The van der Waals surface area contributed by atoms with Gasteiger partial charge in [0.15, 0.2) is 16.9 Å². The molecule has 0 atom stereocenters. The maximum absolute atomic E-state index is 11.7. The van der Waals surface area contributed by atoms with E-state index < -0.39 is 0 Å². The van der Waals surface area contributed by atoms with Gasteiger partial charge in [0.25, 0.3) is 5.56 Å². The van der Waals surface area contributed by atoms with Crippen molar-refractivity contribution in [3.8, 4) is 0 Å². The SMILES string of the molecule is Nc1n[nH]c(=O)c2c1nnn2Cc1ccccc1. The van der Waals surface area contributed by atoms with Crippen LogP contribution < -0.4 is 11.3 Å². The summed E-state index contributed by atoms with van der Waals surface area (Å²) in [4.78, 5) is 11.7. The average molecular weight is 242 g/mol. The maximum Gasteiger partial charge on any atom is 0.292 e. The fourth-order valence-electron chi connectivity index (χ4n) is 1.79. The monoisotopic (exact) mass is 242 g/mol. The number of aromatic amines is 1. The minimum atomic E-state index is -0.347. The van der Waals surface area contributed by atoms with Crippen molar-refractivity contribution in [2.24, 2.45) is 0 Å². The number of nitrogens with two attached hydrogens (primary N) is 1. The van der Waals surface area contributed by atoms with Crippen LogP contribution in [-0.2, 0) is 6.54 Å². The smallest absolute Gasteiger partial charge is 0.292 e. The molecule has 7 nitrogen and oxygen atoms in total. The lowest BCUT2D eigenvalue weighted by atomic mass is 10.2. The largest absolute Gasteiger partial charge is 0.380 e. The van der Waals surface area contributed by atoms with E-state index in [1.807, 2.05) is 30.3 Å². The van der Waals surface area contributed by atoms with Gasteiger partial charge in [0.2, 0.25) is 0 Å². The Balaban J connectivity index is 2.14. The van der Waals surface area contributed by atoms with Gasteiger partial charge in [-0.1, -0.05) is 35.5 Å². The Labute approximate surface area is 101 Å². The van der Waals surface area contributed by atoms with E-state index in [1.54, 1.807) is 0 Å². The molecule has 0 aliphatic heterocycles. The molecule has 2 aromatic heterocycles. The molecule has 3 rings (SSSR count). The number of hydrogen-bond acceptors (Lipinski definition) is 5. The molecule has 0 saturated carbocycles. The molecule has 0 radical (unpaired) electrons. The van der Waals surface area contributed by atoms with Crippen LogP contribution in [0, 0.1) is 0 Å². The molecule has 0 fully saturated rings. The quantitative estimate of drug-likeness (QED) is 0.665. The molecule has 0 unspecified atom stereocenters. The van der Waals surface area contributed by atoms with Gasteiger partial charge in [-0.25, -0.2) is 9.78 Å². The molecule has 7 heteroatoms. The Bertz CT molecular complexity index is 745. The second kappa shape index (κ2) is 3.95. The molecule has 0 aliphatic carbocycles. The molecule has 0 amide bonds. The highest BCUT2D eigenvalue weighted by atomic mass is 16.1. The van der Waals surface area contributed by atoms with Crippen LogP contribution in [0.5, 0.6) is 0 Å². The summed E-state index contributed by atoms with van der Waals surface area (Å²) in [6.07, 6.45) is 0. The van der Waals surface area contributed by atoms with Crippen molar-refractivity contribution < 1.29 is 0 Å². The van der Waals surface area contributed by atoms with E-state index in [9.17, 15) is 4.79 Å². The molecule has 0 spiro atoms. The van der Waals surface area contributed by atoms with Crippen molar-refractivity contribution in [1.29, 1.82) is 0 Å². The second-order valence-corrected chi connectivity index (χ2v) is 3.87. The number of fused-ring (bicyclic) bond motifs is 1. The van der Waals surface area contributed by atoms with Crippen molar-refractivity contribution in [1.82, 2.24) is 25.2 Å². The summed E-state index contributed by atoms with van der Waals surface area (Å²) < 4.78 is 1.52. The molecule has 2 heterocycles. The van der Waals surface area contributed by atoms with Gasteiger partial charge in [0.05, 0.1) is 6.54 Å². The zero-order chi connectivity index (χ0) is 12.5. The second-order valence-electron chi connectivity index (χ2n) is 3.87. The first-order chi connectivity index (χ1) is 8.75. The third-order valence-electron chi connectivity index (χ3n) is 2.65. The summed E-state index contributed by atoms with van der Waals surface area (Å²) in [5.41, 5.74) is 6.98. The van der Waals surface area contributed by atoms with E-state index in [1.165, 1.54) is 4.68 Å². The Morgan fingerprint density at radius 1 is 1.28 bits per heavy atom. The van der Waals surface area contributed by atoms with Crippen LogP contribution in [0.15, 0.2) is 35.1 Å². The number of rotatable bonds is 2. The number of nitrogens with one attached hydrogen (secondary N) is 1. The summed E-state index contributed by atoms with van der Waals surface area (Å²) in [6.45, 7) is 0.462. The van der Waals surface area contributed by atoms with E-state index in [2.05, 4.69) is 20.5 Å². The van der Waals surface area contributed by atoms with Crippen LogP contribution in [0.25, 0.3) is 11.0 Å². The fourth-order valence-corrected chi connectivity index (χ4v) is 1.79. The van der Waals surface area contributed by atoms with Crippen LogP contribution in [0.3, 0.4) is 0 Å². The third kappa shape index (κ3) is 1.61. The van der Waals surface area contributed by atoms with Crippen LogP contribution in [0.1, 0.15) is 5.56 Å². The number of H-pyrrole nitrogens is 1. The standard InChI is InChI=1S/C11H10N6O/c12-10-8-9(11(18)15-14-10)17(16-13-8)6-7-4-2-1-3-5-7/h1-5H,6H2,(H2,12,14)(H,15,18). The summed E-state index contributed by atoms with van der Waals surface area (Å²) >= 11 is 0. The fraction of sp³-hybridized carbons (Fsp3) is 0.0909. The molecular formula is C11H10N6O. The van der Waals surface area contributed by atoms with Gasteiger partial charge >= 0.3 is 0 Å². The lowest BCUT2D eigenvalue weighted by Crippen LogP contribution is -2.15. The van der Waals surface area contributed by atoms with Crippen LogP contribution >= 0.6 is 0 Å². The zero-order valence-corrected chi connectivity index (χ0v) is 9.37. The number of aromatic nitrogens is 5. The first-order valence-electron chi connectivity index (χ1n) is 5.37. The maximum atomic E-state index is 11.7. The van der Waals surface area contributed by atoms with E-state index in [0.717, 1.165) is 5.56 Å². The average Bonchev–Trinajstić information content (AvgIpc) is 2.80. The highest BCUT2D eigenvalue weighted by Gasteiger charge is 2.12. The molecule has 18 heavy (non-hydrogen) atoms. The number of hydrogen-bond donors (Lipinski definition) is 2. The minimum Gasteiger partial charge on any atom is -0.380 e. The molecule has 0 bridgehead atoms. The predicted molar refractivity (Wildman–Crippen MR) is 65.9 cm³/mol. The van der Waals surface area contributed by atoms with Gasteiger partial charge < -0.3 is 5.73 Å². The number of nitrogen functional groups attached to an aromatic ring is 1. The minimum absolute atomic E-state index is 0.170. The van der Waals surface area contributed by atoms with E-state index in [4.69, 9.17) is 5.73 Å². The van der Waals surface area contributed by atoms with Crippen LogP contribution in [-0.4, -0.2) is 25.2 Å². The summed E-state index contributed by atoms with van der Waals surface area (Å²) in [6, 6.07) is 9.68. The van der Waals surface area contributed by atoms with Crippen molar-refractivity contribution in [2.45, 2.75) is 6.54 Å². The van der Waals surface area contributed by atoms with Crippen molar-refractivity contribution >= 4 is 16.9 Å². The molecule has 3 N–H and O–H groups in total. The highest BCUT2D eigenvalue weighted by Crippen LogP contribution is 2.11. The summed E-state index contributed by atoms with van der Waals surface area (Å²) in [7, 11) is 0. The first-order valence-corrected chi connectivity index (χ1v) is 5.37. The Morgan fingerprint density at radius 2 is 2.06 bits per heavy atom. The van der Waals surface area contributed by atoms with E-state index in [0.29, 0.717) is 17.6 Å². The van der Waals surface area contributed by atoms with Gasteiger partial charge in [-0.05, 0) is 5.56 Å². The number of benzene rings is 1. The van der Waals surface area contributed by atoms with Gasteiger partial charge in [0, 0.05) is 0 Å². The van der Waals surface area contributed by atoms with Crippen LogP contribution in [0.2, 0.25) is 0 Å². The molecule has 0 aliphatic rings. The Kier molecular flexibility index (Phi) is 2.30. The molecule has 3 aromatic rings. The van der Waals surface area contributed by atoms with Gasteiger partial charge in [-0.2, -0.15) is 5.10 Å². The molecular weight excluding hydrogens is 232 g/mol. The lowest BCUT2D eigenvalue weighted by molar-refractivity contribution is 0.667. The predicted octanol–water partition coefficient (Wildman–Crippen LogP) is 0.145. The van der Waals surface area contributed by atoms with Gasteiger partial charge in [0.1, 0.15) is 0 Å². The Hall–Kier alpha value is -2.70. The van der Waals surface area contributed by atoms with Gasteiger partial charge in [-0.15, -0.1) is 5.10 Å². The normalized spacial score (nSPS) is 10.9. The summed E-state index contributed by atoms with van der Waals surface area (Å²) in [5.74, 6) is 0.170. The van der Waals surface area contributed by atoms with Crippen molar-refractivity contribution in [3.63, 3.8) is 0 Å². The molecule has 0 saturated heterocycles. The van der Waals surface area contributed by atoms with Crippen molar-refractivity contribution in [2.75, 3.05) is 5.73 Å². The van der Waals surface area contributed by atoms with Crippen molar-refractivity contribution in [3.05, 3.63) is 46.2 Å². The van der Waals surface area contributed by atoms with E-state index in [-0.39, 0.29) is 11.4 Å². The lowest BCUT2D eigenvalue weighted by Gasteiger charge is -2.01. The molecule has 1 aromatic carbocycles. The number of nitrogens with zero attached hydrogens (tertiary/aromatic N) is 4.